The highest BCUT2D eigenvalue weighted by Crippen LogP contribution is 2.44. The summed E-state index contributed by atoms with van der Waals surface area (Å²) >= 11 is 0. The summed E-state index contributed by atoms with van der Waals surface area (Å²) in [6.07, 6.45) is -0.526. The molecule has 2 aromatic rings. The fourth-order valence-corrected chi connectivity index (χ4v) is 8.34. The quantitative estimate of drug-likeness (QED) is 0.438. The van der Waals surface area contributed by atoms with Crippen LogP contribution in [0.25, 0.3) is 11.1 Å². The smallest absolute Gasteiger partial charge is 0.407 e. The minimum Gasteiger partial charge on any atom is -0.449 e. The molecule has 1 unspecified atom stereocenters. The maximum atomic E-state index is 12.3. The Bertz CT molecular complexity index is 891. The predicted molar refractivity (Wildman–Crippen MR) is 128 cm³/mol. The Hall–Kier alpha value is -1.97. The van der Waals surface area contributed by atoms with Crippen LogP contribution in [0, 0.1) is 0 Å². The van der Waals surface area contributed by atoms with Crippen molar-refractivity contribution in [3.8, 4) is 11.1 Å². The molecule has 0 saturated heterocycles. The number of hydrogen-bond donors (Lipinski definition) is 1. The van der Waals surface area contributed by atoms with Crippen molar-refractivity contribution in [3.63, 3.8) is 0 Å². The number of nitrogens with one attached hydrogen (secondary N) is 1. The van der Waals surface area contributed by atoms with Gasteiger partial charge in [0, 0.05) is 5.92 Å². The van der Waals surface area contributed by atoms with Crippen LogP contribution in [0.1, 0.15) is 37.8 Å². The lowest BCUT2D eigenvalue weighted by Crippen LogP contribution is -2.40. The molecule has 4 nitrogen and oxygen atoms in total. The van der Waals surface area contributed by atoms with Gasteiger partial charge in [-0.2, -0.15) is 0 Å². The zero-order valence-corrected chi connectivity index (χ0v) is 20.5. The molecule has 0 spiro atoms. The average Bonchev–Trinajstić information content (AvgIpc) is 3.02. The normalized spacial score (nSPS) is 13.9. The predicted octanol–water partition coefficient (Wildman–Crippen LogP) is 5.78. The van der Waals surface area contributed by atoms with Crippen molar-refractivity contribution in [2.75, 3.05) is 18.9 Å². The summed E-state index contributed by atoms with van der Waals surface area (Å²) in [7, 11) is -1.23. The third kappa shape index (κ3) is 5.01. The van der Waals surface area contributed by atoms with E-state index in [-0.39, 0.29) is 38.2 Å². The fraction of sp³-hybridized carbons (Fsp3) is 0.417. The molecule has 0 aromatic heterocycles. The van der Waals surface area contributed by atoms with E-state index in [1.54, 1.807) is 0 Å². The number of ether oxygens (including phenoxy) is 1. The van der Waals surface area contributed by atoms with E-state index < -0.39 is 14.2 Å². The number of alkyl carbamates (subject to hydrolysis) is 1. The largest absolute Gasteiger partial charge is 0.449 e. The number of hydrogen-bond acceptors (Lipinski definition) is 3. The summed E-state index contributed by atoms with van der Waals surface area (Å²) in [5.41, 5.74) is 4.85. The first-order chi connectivity index (χ1) is 14.1. The number of amides is 1. The van der Waals surface area contributed by atoms with Gasteiger partial charge in [-0.3, -0.25) is 4.79 Å². The first kappa shape index (κ1) is 22.7. The van der Waals surface area contributed by atoms with Crippen molar-refractivity contribution < 1.29 is 14.3 Å². The Labute approximate surface area is 182 Å². The number of carbonyl (C=O) groups excluding carboxylic acids is 2. The molecule has 1 N–H and O–H groups in total. The second kappa shape index (κ2) is 9.03. The summed E-state index contributed by atoms with van der Waals surface area (Å²) < 4.78 is 5.50. The topological polar surface area (TPSA) is 55.4 Å². The van der Waals surface area contributed by atoms with Gasteiger partial charge in [0.15, 0.2) is 5.52 Å². The number of fused-ring (bicyclic) bond motifs is 3. The second-order valence-electron chi connectivity index (χ2n) is 9.59. The van der Waals surface area contributed by atoms with E-state index in [0.29, 0.717) is 0 Å². The van der Waals surface area contributed by atoms with Gasteiger partial charge in [-0.05, 0) is 33.1 Å². The van der Waals surface area contributed by atoms with Crippen LogP contribution in [0.5, 0.6) is 0 Å². The summed E-state index contributed by atoms with van der Waals surface area (Å²) in [6, 6.07) is 16.5. The highest BCUT2D eigenvalue weighted by Gasteiger charge is 2.35. The maximum Gasteiger partial charge on any atom is 0.407 e. The molecule has 0 fully saturated rings. The van der Waals surface area contributed by atoms with E-state index >= 15 is 0 Å². The number of rotatable bonds is 7. The zero-order chi connectivity index (χ0) is 21.9. The van der Waals surface area contributed by atoms with Gasteiger partial charge in [0.05, 0.1) is 14.6 Å². The Morgan fingerprint density at radius 3 is 2.07 bits per heavy atom. The van der Waals surface area contributed by atoms with Gasteiger partial charge in [-0.15, -0.1) is 0 Å². The molecular weight excluding hydrogens is 409 g/mol. The molecule has 1 aliphatic rings. The Morgan fingerprint density at radius 1 is 1.00 bits per heavy atom. The molecule has 160 valence electrons. The van der Waals surface area contributed by atoms with Crippen LogP contribution in [-0.2, 0) is 9.53 Å². The summed E-state index contributed by atoms with van der Waals surface area (Å²) in [4.78, 5) is 24.5. The molecular formula is C24H32NO3PSi. The lowest BCUT2D eigenvalue weighted by Gasteiger charge is -2.36. The third-order valence-electron chi connectivity index (χ3n) is 6.49. The first-order valence-electron chi connectivity index (χ1n) is 10.5. The van der Waals surface area contributed by atoms with Crippen LogP contribution in [0.3, 0.4) is 0 Å². The van der Waals surface area contributed by atoms with Crippen LogP contribution in [0.4, 0.5) is 4.79 Å². The molecule has 1 aliphatic carbocycles. The van der Waals surface area contributed by atoms with E-state index in [4.69, 9.17) is 4.74 Å². The number of benzene rings is 2. The molecule has 30 heavy (non-hydrogen) atoms. The highest BCUT2D eigenvalue weighted by atomic mass is 31.1. The van der Waals surface area contributed by atoms with Crippen molar-refractivity contribution in [2.24, 2.45) is 0 Å². The molecule has 3 rings (SSSR count). The summed E-state index contributed by atoms with van der Waals surface area (Å²) in [6.45, 7) is 11.7. The molecule has 1 atom stereocenters. The maximum absolute atomic E-state index is 12.3. The van der Waals surface area contributed by atoms with Crippen LogP contribution in [-0.4, -0.2) is 38.6 Å². The van der Waals surface area contributed by atoms with Crippen molar-refractivity contribution in [2.45, 2.75) is 44.8 Å². The number of carbonyl (C=O) groups is 2. The molecule has 0 saturated carbocycles. The van der Waals surface area contributed by atoms with Gasteiger partial charge in [0.25, 0.3) is 0 Å². The van der Waals surface area contributed by atoms with E-state index in [2.05, 4.69) is 63.4 Å². The fourth-order valence-electron chi connectivity index (χ4n) is 3.45. The first-order valence-corrected chi connectivity index (χ1v) is 14.9. The molecule has 0 bridgehead atoms. The molecule has 0 heterocycles. The van der Waals surface area contributed by atoms with Crippen molar-refractivity contribution in [1.82, 2.24) is 5.32 Å². The van der Waals surface area contributed by atoms with Gasteiger partial charge in [-0.1, -0.05) is 91.0 Å². The van der Waals surface area contributed by atoms with E-state index in [0.717, 1.165) is 5.79 Å². The molecule has 1 amide bonds. The van der Waals surface area contributed by atoms with Crippen LogP contribution in [0.2, 0.25) is 18.1 Å². The third-order valence-corrected chi connectivity index (χ3v) is 15.4. The van der Waals surface area contributed by atoms with Gasteiger partial charge >= 0.3 is 6.09 Å². The summed E-state index contributed by atoms with van der Waals surface area (Å²) in [5.74, 6) is 0.987. The Balaban J connectivity index is 1.50. The Kier molecular flexibility index (Phi) is 6.83. The van der Waals surface area contributed by atoms with E-state index in [1.165, 1.54) is 22.3 Å². The van der Waals surface area contributed by atoms with Crippen molar-refractivity contribution in [3.05, 3.63) is 59.7 Å². The van der Waals surface area contributed by atoms with Crippen molar-refractivity contribution >= 4 is 28.3 Å². The Morgan fingerprint density at radius 2 is 1.53 bits per heavy atom. The van der Waals surface area contributed by atoms with Gasteiger partial charge in [0.2, 0.25) is 0 Å². The van der Waals surface area contributed by atoms with Gasteiger partial charge in [-0.25, -0.2) is 4.79 Å². The SMILES string of the molecule is CC(C)(C)[Si](C)(C)CPC(=O)CNC(=O)OCC1c2ccccc2-c2ccccc21. The monoisotopic (exact) mass is 441 g/mol. The van der Waals surface area contributed by atoms with E-state index in [1.807, 2.05) is 24.3 Å². The second-order valence-corrected chi connectivity index (χ2v) is 17.2. The summed E-state index contributed by atoms with van der Waals surface area (Å²) in [5, 5.41) is 2.91. The van der Waals surface area contributed by atoms with Crippen LogP contribution >= 0.6 is 8.58 Å². The molecule has 0 radical (unpaired) electrons. The molecule has 6 heteroatoms. The van der Waals surface area contributed by atoms with Gasteiger partial charge in [0.1, 0.15) is 6.61 Å². The lowest BCUT2D eigenvalue weighted by molar-refractivity contribution is -0.110. The minimum absolute atomic E-state index is 0.0271. The lowest BCUT2D eigenvalue weighted by atomic mass is 9.98. The van der Waals surface area contributed by atoms with E-state index in [9.17, 15) is 9.59 Å². The standard InChI is InChI=1S/C24H32NO3PSi/c1-24(2,3)30(4,5)16-29-22(26)14-25-23(27)28-15-21-19-12-8-6-10-17(19)18-11-7-9-13-20(18)21/h6-13,21,29H,14-16H2,1-5H3,(H,25,27). The van der Waals surface area contributed by atoms with Crippen molar-refractivity contribution in [1.29, 1.82) is 0 Å². The highest BCUT2D eigenvalue weighted by molar-refractivity contribution is 7.60. The van der Waals surface area contributed by atoms with Crippen LogP contribution in [0.15, 0.2) is 48.5 Å². The van der Waals surface area contributed by atoms with Gasteiger partial charge < -0.3 is 10.1 Å². The minimum atomic E-state index is -1.48. The molecule has 0 aliphatic heterocycles. The zero-order valence-electron chi connectivity index (χ0n) is 18.5. The van der Waals surface area contributed by atoms with Crippen LogP contribution < -0.4 is 5.32 Å². The molecule has 2 aromatic carbocycles. The average molecular weight is 442 g/mol.